The number of nitrogens with zero attached hydrogens (tertiary/aromatic N) is 1. The fourth-order valence-electron chi connectivity index (χ4n) is 1.35. The van der Waals surface area contributed by atoms with Crippen LogP contribution in [-0.4, -0.2) is 12.1 Å². The van der Waals surface area contributed by atoms with Gasteiger partial charge in [-0.1, -0.05) is 15.9 Å². The molecule has 0 fully saturated rings. The van der Waals surface area contributed by atoms with Gasteiger partial charge in [0.15, 0.2) is 0 Å². The van der Waals surface area contributed by atoms with Gasteiger partial charge >= 0.3 is 0 Å². The molecule has 0 spiro atoms. The molecule has 2 aromatic rings. The van der Waals surface area contributed by atoms with Crippen LogP contribution in [-0.2, 0) is 5.75 Å². The van der Waals surface area contributed by atoms with Gasteiger partial charge in [-0.05, 0) is 18.2 Å². The van der Waals surface area contributed by atoms with Crippen molar-refractivity contribution in [2.24, 2.45) is 0 Å². The Hall–Kier alpha value is -0.520. The van der Waals surface area contributed by atoms with Gasteiger partial charge in [-0.25, -0.2) is 4.98 Å². The van der Waals surface area contributed by atoms with Crippen molar-refractivity contribution < 1.29 is 4.74 Å². The van der Waals surface area contributed by atoms with E-state index in [1.165, 1.54) is 0 Å². The van der Waals surface area contributed by atoms with Crippen molar-refractivity contribution in [3.63, 3.8) is 0 Å². The van der Waals surface area contributed by atoms with Crippen LogP contribution in [0.3, 0.4) is 0 Å². The number of thiazole rings is 1. The normalized spacial score (nSPS) is 10.4. The second kappa shape index (κ2) is 5.21. The van der Waals surface area contributed by atoms with Gasteiger partial charge in [0.05, 0.1) is 18.4 Å². The predicted octanol–water partition coefficient (Wildman–Crippen LogP) is 4.01. The number of thiol groups is 1. The van der Waals surface area contributed by atoms with Crippen molar-refractivity contribution in [3.8, 4) is 16.3 Å². The Morgan fingerprint density at radius 1 is 1.50 bits per heavy atom. The Balaban J connectivity index is 2.49. The summed E-state index contributed by atoms with van der Waals surface area (Å²) in [6.45, 7) is 0. The first kappa shape index (κ1) is 12.0. The summed E-state index contributed by atoms with van der Waals surface area (Å²) in [6.07, 6.45) is 0. The maximum Gasteiger partial charge on any atom is 0.129 e. The first-order valence-corrected chi connectivity index (χ1v) is 6.94. The lowest BCUT2D eigenvalue weighted by Crippen LogP contribution is -1.88. The van der Waals surface area contributed by atoms with Crippen molar-refractivity contribution in [2.45, 2.75) is 5.75 Å². The monoisotopic (exact) mass is 315 g/mol. The fraction of sp³-hybridized carbons (Fsp3) is 0.182. The molecule has 0 aliphatic rings. The molecule has 2 nitrogen and oxygen atoms in total. The number of ether oxygens (including phenoxy) is 1. The molecule has 0 unspecified atom stereocenters. The van der Waals surface area contributed by atoms with E-state index in [4.69, 9.17) is 4.74 Å². The highest BCUT2D eigenvalue weighted by atomic mass is 79.9. The van der Waals surface area contributed by atoms with Crippen LogP contribution in [0.25, 0.3) is 10.6 Å². The first-order chi connectivity index (χ1) is 7.74. The molecule has 5 heteroatoms. The third kappa shape index (κ3) is 2.42. The van der Waals surface area contributed by atoms with Crippen molar-refractivity contribution in [1.29, 1.82) is 0 Å². The lowest BCUT2D eigenvalue weighted by atomic mass is 10.2. The molecule has 16 heavy (non-hydrogen) atoms. The van der Waals surface area contributed by atoms with E-state index in [1.807, 2.05) is 23.6 Å². The molecule has 0 atom stereocenters. The van der Waals surface area contributed by atoms with Crippen LogP contribution >= 0.6 is 39.9 Å². The van der Waals surface area contributed by atoms with Crippen LogP contribution in [0.2, 0.25) is 0 Å². The van der Waals surface area contributed by atoms with E-state index < -0.39 is 0 Å². The number of rotatable bonds is 3. The third-order valence-corrected chi connectivity index (χ3v) is 3.85. The fourth-order valence-corrected chi connectivity index (χ4v) is 2.84. The lowest BCUT2D eigenvalue weighted by molar-refractivity contribution is 0.416. The maximum atomic E-state index is 5.32. The van der Waals surface area contributed by atoms with Gasteiger partial charge in [0.1, 0.15) is 10.8 Å². The predicted molar refractivity (Wildman–Crippen MR) is 74.5 cm³/mol. The minimum absolute atomic E-state index is 0.660. The number of methoxy groups -OCH3 is 1. The molecule has 0 amide bonds. The first-order valence-electron chi connectivity index (χ1n) is 4.63. The molecule has 2 rings (SSSR count). The maximum absolute atomic E-state index is 5.32. The lowest BCUT2D eigenvalue weighted by Gasteiger charge is -2.05. The Kier molecular flexibility index (Phi) is 3.89. The zero-order valence-electron chi connectivity index (χ0n) is 8.61. The zero-order valence-corrected chi connectivity index (χ0v) is 11.9. The van der Waals surface area contributed by atoms with Gasteiger partial charge in [0.2, 0.25) is 0 Å². The van der Waals surface area contributed by atoms with Gasteiger partial charge < -0.3 is 4.74 Å². The van der Waals surface area contributed by atoms with Gasteiger partial charge in [0.25, 0.3) is 0 Å². The molecule has 1 aromatic carbocycles. The molecule has 1 heterocycles. The second-order valence-corrected chi connectivity index (χ2v) is 5.24. The number of hydrogen-bond acceptors (Lipinski definition) is 4. The quantitative estimate of drug-likeness (QED) is 0.864. The Morgan fingerprint density at radius 3 is 2.94 bits per heavy atom. The molecule has 0 radical (unpaired) electrons. The van der Waals surface area contributed by atoms with Gasteiger partial charge in [0, 0.05) is 15.6 Å². The van der Waals surface area contributed by atoms with E-state index in [2.05, 4.69) is 33.5 Å². The number of halogens is 1. The molecule has 0 saturated heterocycles. The average Bonchev–Trinajstić information content (AvgIpc) is 2.77. The zero-order chi connectivity index (χ0) is 11.5. The molecular weight excluding hydrogens is 306 g/mol. The van der Waals surface area contributed by atoms with Crippen LogP contribution in [0.15, 0.2) is 28.1 Å². The van der Waals surface area contributed by atoms with E-state index in [0.717, 1.165) is 26.5 Å². The highest BCUT2D eigenvalue weighted by molar-refractivity contribution is 9.10. The van der Waals surface area contributed by atoms with Crippen molar-refractivity contribution >= 4 is 39.9 Å². The van der Waals surface area contributed by atoms with Gasteiger partial charge in [-0.3, -0.25) is 0 Å². The third-order valence-electron chi connectivity index (χ3n) is 2.11. The summed E-state index contributed by atoms with van der Waals surface area (Å²) in [4.78, 5) is 4.49. The van der Waals surface area contributed by atoms with E-state index in [0.29, 0.717) is 5.75 Å². The minimum Gasteiger partial charge on any atom is -0.496 e. The smallest absolute Gasteiger partial charge is 0.129 e. The topological polar surface area (TPSA) is 22.1 Å². The number of aromatic nitrogens is 1. The molecule has 84 valence electrons. The summed E-state index contributed by atoms with van der Waals surface area (Å²) < 4.78 is 6.34. The van der Waals surface area contributed by atoms with Crippen molar-refractivity contribution in [1.82, 2.24) is 4.98 Å². The summed E-state index contributed by atoms with van der Waals surface area (Å²) in [5.41, 5.74) is 2.00. The molecule has 0 aliphatic carbocycles. The van der Waals surface area contributed by atoms with Crippen LogP contribution in [0.5, 0.6) is 5.75 Å². The Labute approximate surface area is 112 Å². The van der Waals surface area contributed by atoms with Crippen LogP contribution < -0.4 is 4.74 Å². The molecule has 0 aliphatic heterocycles. The van der Waals surface area contributed by atoms with Crippen LogP contribution in [0, 0.1) is 0 Å². The van der Waals surface area contributed by atoms with Crippen molar-refractivity contribution in [2.75, 3.05) is 7.11 Å². The molecule has 1 aromatic heterocycles. The van der Waals surface area contributed by atoms with Gasteiger partial charge in [-0.15, -0.1) is 11.3 Å². The highest BCUT2D eigenvalue weighted by Crippen LogP contribution is 2.34. The number of benzene rings is 1. The summed E-state index contributed by atoms with van der Waals surface area (Å²) in [5.74, 6) is 1.50. The van der Waals surface area contributed by atoms with E-state index >= 15 is 0 Å². The highest BCUT2D eigenvalue weighted by Gasteiger charge is 2.10. The van der Waals surface area contributed by atoms with Crippen LogP contribution in [0.1, 0.15) is 5.69 Å². The summed E-state index contributed by atoms with van der Waals surface area (Å²) in [6, 6.07) is 5.90. The van der Waals surface area contributed by atoms with E-state index in [-0.39, 0.29) is 0 Å². The average molecular weight is 316 g/mol. The molecule has 0 bridgehead atoms. The molecule has 0 saturated carbocycles. The van der Waals surface area contributed by atoms with E-state index in [1.54, 1.807) is 18.4 Å². The van der Waals surface area contributed by atoms with Crippen LogP contribution in [0.4, 0.5) is 0 Å². The minimum atomic E-state index is 0.660. The number of hydrogen-bond donors (Lipinski definition) is 1. The second-order valence-electron chi connectivity index (χ2n) is 3.15. The van der Waals surface area contributed by atoms with Gasteiger partial charge in [-0.2, -0.15) is 12.6 Å². The summed E-state index contributed by atoms with van der Waals surface area (Å²) >= 11 is 9.27. The molecular formula is C11H10BrNOS2. The standard InChI is InChI=1S/C11H10BrNOS2/c1-14-10-3-2-7(12)4-9(10)11-13-8(5-15)6-16-11/h2-4,6,15H,5H2,1H3. The Bertz CT molecular complexity index is 498. The largest absolute Gasteiger partial charge is 0.496 e. The summed E-state index contributed by atoms with van der Waals surface area (Å²) in [5, 5.41) is 2.98. The van der Waals surface area contributed by atoms with E-state index in [9.17, 15) is 0 Å². The SMILES string of the molecule is COc1ccc(Br)cc1-c1nc(CS)cs1. The van der Waals surface area contributed by atoms with Crippen molar-refractivity contribution in [3.05, 3.63) is 33.7 Å². The Morgan fingerprint density at radius 2 is 2.31 bits per heavy atom. The molecule has 0 N–H and O–H groups in total. The summed E-state index contributed by atoms with van der Waals surface area (Å²) in [7, 11) is 1.67.